The van der Waals surface area contributed by atoms with Crippen LogP contribution in [-0.4, -0.2) is 6.18 Å². The van der Waals surface area contributed by atoms with E-state index in [0.29, 0.717) is 11.1 Å². The molecule has 0 radical (unpaired) electrons. The van der Waals surface area contributed by atoms with Gasteiger partial charge < -0.3 is 4.74 Å². The number of rotatable bonds is 6. The van der Waals surface area contributed by atoms with E-state index >= 15 is 0 Å². The van der Waals surface area contributed by atoms with Gasteiger partial charge in [-0.3, -0.25) is 0 Å². The number of halogens is 8. The van der Waals surface area contributed by atoms with Gasteiger partial charge in [0.05, 0.1) is 5.56 Å². The van der Waals surface area contributed by atoms with Crippen molar-refractivity contribution in [2.24, 2.45) is 0 Å². The van der Waals surface area contributed by atoms with Crippen LogP contribution >= 0.6 is 0 Å². The van der Waals surface area contributed by atoms with Gasteiger partial charge in [-0.25, -0.2) is 13.2 Å². The van der Waals surface area contributed by atoms with Gasteiger partial charge in [0.15, 0.2) is 0 Å². The van der Waals surface area contributed by atoms with Crippen molar-refractivity contribution in [2.75, 3.05) is 0 Å². The third-order valence-corrected chi connectivity index (χ3v) is 4.72. The number of benzene rings is 3. The summed E-state index contributed by atoms with van der Waals surface area (Å²) >= 11 is 0. The molecule has 0 heterocycles. The zero-order chi connectivity index (χ0) is 24.4. The molecule has 3 aromatic carbocycles. The van der Waals surface area contributed by atoms with Crippen molar-refractivity contribution < 1.29 is 39.9 Å². The molecule has 3 rings (SSSR count). The minimum atomic E-state index is -4.83. The van der Waals surface area contributed by atoms with E-state index in [1.54, 1.807) is 12.1 Å². The molecule has 9 heteroatoms. The Morgan fingerprint density at radius 3 is 1.85 bits per heavy atom. The Kier molecular flexibility index (Phi) is 6.81. The lowest BCUT2D eigenvalue weighted by atomic mass is 10.0. The fourth-order valence-electron chi connectivity index (χ4n) is 3.02. The molecule has 0 bridgehead atoms. The van der Waals surface area contributed by atoms with E-state index in [1.165, 1.54) is 6.07 Å². The Hall–Kier alpha value is -3.36. The van der Waals surface area contributed by atoms with Gasteiger partial charge >= 0.3 is 12.3 Å². The molecule has 33 heavy (non-hydrogen) atoms. The molecule has 0 spiro atoms. The fraction of sp³-hybridized carbons (Fsp3) is 0.167. The molecule has 0 amide bonds. The third-order valence-electron chi connectivity index (χ3n) is 4.72. The SMILES string of the molecule is CCc1ccc(-c2ccc(C(F)(F)Oc3cc(F)c(/C=C/C(F)(F)F)c(F)c3)c(F)c2)cc1. The molecule has 1 nitrogen and oxygen atoms in total. The average Bonchev–Trinajstić information content (AvgIpc) is 2.71. The summed E-state index contributed by atoms with van der Waals surface area (Å²) in [7, 11) is 0. The lowest BCUT2D eigenvalue weighted by molar-refractivity contribution is -0.187. The van der Waals surface area contributed by atoms with Crippen LogP contribution in [0.15, 0.2) is 60.7 Å². The second kappa shape index (κ2) is 9.25. The topological polar surface area (TPSA) is 9.23 Å². The minimum Gasteiger partial charge on any atom is -0.429 e. The van der Waals surface area contributed by atoms with E-state index < -0.39 is 52.7 Å². The first-order chi connectivity index (χ1) is 15.4. The zero-order valence-electron chi connectivity index (χ0n) is 17.0. The number of aryl methyl sites for hydroxylation is 1. The normalized spacial score (nSPS) is 12.4. The van der Waals surface area contributed by atoms with Crippen LogP contribution < -0.4 is 4.74 Å². The smallest absolute Gasteiger partial charge is 0.429 e. The van der Waals surface area contributed by atoms with Crippen molar-refractivity contribution in [2.45, 2.75) is 25.6 Å². The van der Waals surface area contributed by atoms with E-state index in [4.69, 9.17) is 0 Å². The molecule has 0 aliphatic rings. The summed E-state index contributed by atoms with van der Waals surface area (Å²) in [5, 5.41) is 0. The van der Waals surface area contributed by atoms with Crippen molar-refractivity contribution >= 4 is 6.08 Å². The zero-order valence-corrected chi connectivity index (χ0v) is 17.0. The van der Waals surface area contributed by atoms with Crippen molar-refractivity contribution in [1.82, 2.24) is 0 Å². The van der Waals surface area contributed by atoms with E-state index in [-0.39, 0.29) is 18.2 Å². The van der Waals surface area contributed by atoms with Gasteiger partial charge in [0.1, 0.15) is 23.2 Å². The summed E-state index contributed by atoms with van der Waals surface area (Å²) < 4.78 is 112. The molecule has 0 saturated heterocycles. The molecule has 0 aromatic heterocycles. The van der Waals surface area contributed by atoms with E-state index in [1.807, 2.05) is 19.1 Å². The van der Waals surface area contributed by atoms with E-state index in [0.717, 1.165) is 24.1 Å². The molecule has 0 fully saturated rings. The summed E-state index contributed by atoms with van der Waals surface area (Å²) in [6.07, 6.45) is -8.65. The van der Waals surface area contributed by atoms with Crippen LogP contribution in [0.3, 0.4) is 0 Å². The summed E-state index contributed by atoms with van der Waals surface area (Å²) in [6, 6.07) is 10.5. The molecule has 0 N–H and O–H groups in total. The molecule has 0 atom stereocenters. The molecule has 0 aliphatic heterocycles. The van der Waals surface area contributed by atoms with Crippen LogP contribution in [0.1, 0.15) is 23.6 Å². The first-order valence-corrected chi connectivity index (χ1v) is 9.61. The first kappa shape index (κ1) is 24.3. The number of hydrogen-bond acceptors (Lipinski definition) is 1. The van der Waals surface area contributed by atoms with Gasteiger partial charge in [-0.2, -0.15) is 22.0 Å². The second-order valence-electron chi connectivity index (χ2n) is 7.04. The molecule has 3 aromatic rings. The number of ether oxygens (including phenoxy) is 1. The van der Waals surface area contributed by atoms with Gasteiger partial charge in [-0.05, 0) is 41.3 Å². The maximum Gasteiger partial charge on any atom is 0.429 e. The van der Waals surface area contributed by atoms with Gasteiger partial charge in [-0.15, -0.1) is 0 Å². The average molecular weight is 472 g/mol. The third kappa shape index (κ3) is 5.91. The van der Waals surface area contributed by atoms with Crippen molar-refractivity contribution in [3.05, 3.63) is 94.8 Å². The highest BCUT2D eigenvalue weighted by molar-refractivity contribution is 5.64. The second-order valence-corrected chi connectivity index (χ2v) is 7.04. The van der Waals surface area contributed by atoms with Crippen molar-refractivity contribution in [3.63, 3.8) is 0 Å². The number of alkyl halides is 5. The molecular weight excluding hydrogens is 456 g/mol. The van der Waals surface area contributed by atoms with Crippen LogP contribution in [0.25, 0.3) is 17.2 Å². The summed E-state index contributed by atoms with van der Waals surface area (Å²) in [4.78, 5) is 0. The molecule has 0 aliphatic carbocycles. The van der Waals surface area contributed by atoms with Crippen LogP contribution in [0.2, 0.25) is 0 Å². The molecular formula is C24H16F8O. The highest BCUT2D eigenvalue weighted by Crippen LogP contribution is 2.36. The Morgan fingerprint density at radius 2 is 1.33 bits per heavy atom. The van der Waals surface area contributed by atoms with Crippen molar-refractivity contribution in [1.29, 1.82) is 0 Å². The van der Waals surface area contributed by atoms with E-state index in [2.05, 4.69) is 4.74 Å². The largest absolute Gasteiger partial charge is 0.429 e. The first-order valence-electron chi connectivity index (χ1n) is 9.61. The van der Waals surface area contributed by atoms with Crippen LogP contribution in [0.4, 0.5) is 35.1 Å². The molecule has 0 unspecified atom stereocenters. The Balaban J connectivity index is 1.86. The summed E-state index contributed by atoms with van der Waals surface area (Å²) in [5.74, 6) is -5.47. The highest BCUT2D eigenvalue weighted by atomic mass is 19.4. The van der Waals surface area contributed by atoms with Crippen LogP contribution in [0, 0.1) is 17.5 Å². The number of allylic oxidation sites excluding steroid dienone is 1. The monoisotopic (exact) mass is 472 g/mol. The lowest BCUT2D eigenvalue weighted by Crippen LogP contribution is -2.23. The Labute approximate surface area is 183 Å². The van der Waals surface area contributed by atoms with Gasteiger partial charge in [0.2, 0.25) is 0 Å². The maximum absolute atomic E-state index is 14.5. The Morgan fingerprint density at radius 1 is 0.758 bits per heavy atom. The molecule has 0 saturated carbocycles. The van der Waals surface area contributed by atoms with Gasteiger partial charge in [-0.1, -0.05) is 37.3 Å². The maximum atomic E-state index is 14.5. The quantitative estimate of drug-likeness (QED) is 0.330. The van der Waals surface area contributed by atoms with E-state index in [9.17, 15) is 35.1 Å². The predicted molar refractivity (Wildman–Crippen MR) is 107 cm³/mol. The standard InChI is InChI=1S/C24H16F8O/c1-2-14-3-5-15(6-4-14)16-7-8-19(22(27)11-16)24(31,32)33-17-12-20(25)18(21(26)13-17)9-10-23(28,29)30/h3-13H,2H2,1H3/b10-9+. The molecule has 174 valence electrons. The highest BCUT2D eigenvalue weighted by Gasteiger charge is 2.38. The summed E-state index contributed by atoms with van der Waals surface area (Å²) in [6.45, 7) is 1.95. The Bertz CT molecular complexity index is 1140. The van der Waals surface area contributed by atoms with Crippen LogP contribution in [0.5, 0.6) is 5.75 Å². The van der Waals surface area contributed by atoms with Crippen LogP contribution in [-0.2, 0) is 12.5 Å². The fourth-order valence-corrected chi connectivity index (χ4v) is 3.02. The lowest BCUT2D eigenvalue weighted by Gasteiger charge is -2.20. The predicted octanol–water partition coefficient (Wildman–Crippen LogP) is 8.04. The minimum absolute atomic E-state index is 0.123. The van der Waals surface area contributed by atoms with Gasteiger partial charge in [0, 0.05) is 23.8 Å². The summed E-state index contributed by atoms with van der Waals surface area (Å²) in [5.41, 5.74) is -0.317. The van der Waals surface area contributed by atoms with Gasteiger partial charge in [0.25, 0.3) is 0 Å². The number of hydrogen-bond donors (Lipinski definition) is 0. The van der Waals surface area contributed by atoms with Crippen molar-refractivity contribution in [3.8, 4) is 16.9 Å².